The summed E-state index contributed by atoms with van der Waals surface area (Å²) in [7, 11) is -1.20. The van der Waals surface area contributed by atoms with Gasteiger partial charge in [-0.2, -0.15) is 0 Å². The first-order valence-corrected chi connectivity index (χ1v) is 36.4. The first-order chi connectivity index (χ1) is 46.5. The average Bonchev–Trinajstić information content (AvgIpc) is 0.780. The van der Waals surface area contributed by atoms with Crippen molar-refractivity contribution in [1.29, 1.82) is 0 Å². The van der Waals surface area contributed by atoms with Crippen LogP contribution >= 0.6 is 0 Å². The number of ether oxygens (including phenoxy) is 2. The number of phenols is 2. The van der Waals surface area contributed by atoms with Crippen molar-refractivity contribution in [2.24, 2.45) is 0 Å². The standard InChI is InChI=1S/C78H96N8O12S2/c1-45(73(91)81-83-99(93,94)65-29-21-23-59-61(65)25-19-27-63(59)85(15)16)79-67(87)43-97-71-51-31-47-35-55(75(3,4)5)37-49(69(47)89)33-53-41-58(78(12,13)14)42-54(34-50-38-56(76(6,7)8)36-48(70(50)90)32-52(71)40-57(39-51)77(9,10)11)72(53)98-44-68(88)80-46(2)74(92)82-84-100(95,96)66-30-22-24-60-62(66)26-20-28-64(60)86(17)18/h19-30,35-42,45-46,83-84,89-90H,31-34,43-44H2,1-18H3,(H,79,87)(H,80,88)(H,81,91)(H,82,92)/t45-,46-/m0/s1. The molecule has 4 amide bonds. The summed E-state index contributed by atoms with van der Waals surface area (Å²) in [5.74, 6) is -2.47. The van der Waals surface area contributed by atoms with Crippen molar-refractivity contribution in [3.05, 3.63) is 188 Å². The van der Waals surface area contributed by atoms with Crippen molar-refractivity contribution in [2.75, 3.05) is 51.2 Å². The van der Waals surface area contributed by atoms with Crippen molar-refractivity contribution in [3.8, 4) is 23.0 Å². The zero-order valence-electron chi connectivity index (χ0n) is 60.6. The lowest BCUT2D eigenvalue weighted by molar-refractivity contribution is -0.129. The van der Waals surface area contributed by atoms with Crippen molar-refractivity contribution in [1.82, 2.24) is 31.1 Å². The number of phenolic OH excluding ortho intramolecular Hbond substituents is 2. The first kappa shape index (κ1) is 75.0. The Morgan fingerprint density at radius 1 is 0.420 bits per heavy atom. The fourth-order valence-electron chi connectivity index (χ4n) is 12.3. The number of anilines is 2. The number of rotatable bonds is 18. The smallest absolute Gasteiger partial charge is 0.258 e. The normalized spacial score (nSPS) is 13.6. The van der Waals surface area contributed by atoms with E-state index in [-0.39, 0.29) is 47.0 Å². The Kier molecular flexibility index (Phi) is 21.6. The lowest BCUT2D eigenvalue weighted by Gasteiger charge is -2.28. The van der Waals surface area contributed by atoms with Gasteiger partial charge in [-0.1, -0.05) is 180 Å². The largest absolute Gasteiger partial charge is 0.507 e. The molecule has 20 nitrogen and oxygen atoms in total. The summed E-state index contributed by atoms with van der Waals surface area (Å²) in [5, 5.41) is 33.4. The maximum Gasteiger partial charge on any atom is 0.258 e. The number of carbonyl (C=O) groups is 4. The fourth-order valence-corrected chi connectivity index (χ4v) is 14.5. The molecule has 22 heteroatoms. The molecule has 1 aliphatic rings. The molecule has 100 heavy (non-hydrogen) atoms. The molecule has 8 aromatic carbocycles. The van der Waals surface area contributed by atoms with Gasteiger partial charge in [-0.05, 0) is 127 Å². The van der Waals surface area contributed by atoms with E-state index in [9.17, 15) is 46.2 Å². The number of hydrogen-bond acceptors (Lipinski definition) is 14. The SMILES string of the molecule is C[C@H](NC(=O)COc1c2cc(C(C)(C)C)cc1Cc1cc(C(C)(C)C)cc(c1O)Cc1cc(C(C)(C)C)cc(c1OCC(=O)N[C@@H](C)C(=O)NNS(=O)(=O)c1cccc3c(N(C)C)cccc13)Cc1cc(C(C)(C)C)cc(c1O)C2)C(=O)NNS(=O)(=O)c1cccc2c(N(C)C)cccc12. The van der Waals surface area contributed by atoms with Gasteiger partial charge in [-0.25, -0.2) is 16.8 Å². The number of nitrogens with one attached hydrogen (secondary N) is 6. The second-order valence-electron chi connectivity index (χ2n) is 30.6. The molecule has 0 radical (unpaired) electrons. The first-order valence-electron chi connectivity index (χ1n) is 33.4. The van der Waals surface area contributed by atoms with Crippen LogP contribution < -0.4 is 50.4 Å². The van der Waals surface area contributed by atoms with Crippen LogP contribution in [0.25, 0.3) is 21.5 Å². The minimum absolute atomic E-state index is 0.0148. The molecular weight excluding hydrogens is 1310 g/mol. The number of nitrogens with zero attached hydrogens (tertiary/aromatic N) is 2. The quantitative estimate of drug-likeness (QED) is 0.0371. The topological polar surface area (TPSA) is 274 Å². The molecule has 0 saturated carbocycles. The number of aromatic hydroxyl groups is 2. The summed E-state index contributed by atoms with van der Waals surface area (Å²) in [6.07, 6.45) is 0.360. The summed E-state index contributed by atoms with van der Waals surface area (Å²) in [4.78, 5) is 63.6. The zero-order valence-corrected chi connectivity index (χ0v) is 62.3. The van der Waals surface area contributed by atoms with Gasteiger partial charge in [0.2, 0.25) is 0 Å². The second-order valence-corrected chi connectivity index (χ2v) is 33.9. The summed E-state index contributed by atoms with van der Waals surface area (Å²) in [6.45, 7) is 26.6. The van der Waals surface area contributed by atoms with Gasteiger partial charge >= 0.3 is 0 Å². The van der Waals surface area contributed by atoms with Crippen LogP contribution in [-0.2, 0) is 86.6 Å². The highest BCUT2D eigenvalue weighted by Gasteiger charge is 2.31. The zero-order chi connectivity index (χ0) is 73.5. The van der Waals surface area contributed by atoms with Gasteiger partial charge in [0.05, 0.1) is 9.79 Å². The molecule has 0 fully saturated rings. The highest BCUT2D eigenvalue weighted by Crippen LogP contribution is 2.44. The molecule has 0 heterocycles. The second kappa shape index (κ2) is 28.8. The molecule has 1 aliphatic carbocycles. The molecule has 2 atom stereocenters. The number of fused-ring (bicyclic) bond motifs is 10. The monoisotopic (exact) mass is 1400 g/mol. The fraction of sp³-hybridized carbons (Fsp3) is 0.385. The third kappa shape index (κ3) is 17.0. The van der Waals surface area contributed by atoms with Gasteiger partial charge in [0.25, 0.3) is 43.7 Å². The van der Waals surface area contributed by atoms with E-state index < -0.39 is 90.6 Å². The van der Waals surface area contributed by atoms with E-state index in [1.165, 1.54) is 26.0 Å². The highest BCUT2D eigenvalue weighted by atomic mass is 32.2. The Morgan fingerprint density at radius 3 is 0.950 bits per heavy atom. The molecule has 8 bridgehead atoms. The summed E-state index contributed by atoms with van der Waals surface area (Å²) in [5.41, 5.74) is 12.5. The third-order valence-corrected chi connectivity index (χ3v) is 20.7. The predicted octanol–water partition coefficient (Wildman–Crippen LogP) is 11.2. The molecular formula is C78H96N8O12S2. The molecule has 0 unspecified atom stereocenters. The number of hydrazine groups is 2. The van der Waals surface area contributed by atoms with Crippen LogP contribution in [0.15, 0.2) is 131 Å². The molecule has 0 aromatic heterocycles. The van der Waals surface area contributed by atoms with Crippen LogP contribution in [0.1, 0.15) is 164 Å². The van der Waals surface area contributed by atoms with Gasteiger partial charge in [0, 0.05) is 86.8 Å². The van der Waals surface area contributed by atoms with E-state index in [2.05, 4.69) is 114 Å². The Hall–Kier alpha value is -9.22. The lowest BCUT2D eigenvalue weighted by atomic mass is 9.79. The lowest BCUT2D eigenvalue weighted by Crippen LogP contribution is -2.51. The maximum atomic E-state index is 14.2. The van der Waals surface area contributed by atoms with Crippen LogP contribution in [0.3, 0.4) is 0 Å². The highest BCUT2D eigenvalue weighted by molar-refractivity contribution is 7.90. The Bertz CT molecular complexity index is 4360. The predicted molar refractivity (Wildman–Crippen MR) is 395 cm³/mol. The van der Waals surface area contributed by atoms with E-state index in [0.717, 1.165) is 33.6 Å². The molecule has 8 aromatic rings. The summed E-state index contributed by atoms with van der Waals surface area (Å²) in [6, 6.07) is 33.8. The van der Waals surface area contributed by atoms with Gasteiger partial charge < -0.3 is 40.1 Å². The van der Waals surface area contributed by atoms with Crippen molar-refractivity contribution < 1.29 is 55.7 Å². The molecule has 0 saturated heterocycles. The molecule has 8 N–H and O–H groups in total. The average molecular weight is 1400 g/mol. The van der Waals surface area contributed by atoms with Crippen LogP contribution in [0.2, 0.25) is 0 Å². The van der Waals surface area contributed by atoms with E-state index in [1.54, 1.807) is 36.4 Å². The minimum atomic E-state index is -4.31. The van der Waals surface area contributed by atoms with Crippen molar-refractivity contribution in [3.63, 3.8) is 0 Å². The van der Waals surface area contributed by atoms with Crippen LogP contribution in [-0.4, -0.2) is 104 Å². The third-order valence-electron chi connectivity index (χ3n) is 18.1. The molecule has 9 rings (SSSR count). The van der Waals surface area contributed by atoms with Crippen molar-refractivity contribution >= 4 is 76.6 Å². The maximum absolute atomic E-state index is 14.2. The number of sulfonamides is 2. The molecule has 0 aliphatic heterocycles. The van der Waals surface area contributed by atoms with Crippen LogP contribution in [0, 0.1) is 0 Å². The van der Waals surface area contributed by atoms with Gasteiger partial charge in [0.1, 0.15) is 35.1 Å². The van der Waals surface area contributed by atoms with Gasteiger partial charge in [-0.3, -0.25) is 30.0 Å². The number of carbonyl (C=O) groups excluding carboxylic acids is 4. The van der Waals surface area contributed by atoms with E-state index >= 15 is 0 Å². The van der Waals surface area contributed by atoms with Crippen molar-refractivity contribution in [2.45, 2.75) is 166 Å². The number of benzene rings is 8. The van der Waals surface area contributed by atoms with Gasteiger partial charge in [0.15, 0.2) is 13.2 Å². The van der Waals surface area contributed by atoms with E-state index in [1.807, 2.05) is 111 Å². The Labute approximate surface area is 588 Å². The van der Waals surface area contributed by atoms with E-state index in [0.29, 0.717) is 77.6 Å². The summed E-state index contributed by atoms with van der Waals surface area (Å²) < 4.78 is 68.5. The Balaban J connectivity index is 1.06. The minimum Gasteiger partial charge on any atom is -0.507 e. The Morgan fingerprint density at radius 2 is 0.680 bits per heavy atom. The van der Waals surface area contributed by atoms with E-state index in [4.69, 9.17) is 9.47 Å². The molecule has 0 spiro atoms. The number of amides is 4. The van der Waals surface area contributed by atoms with Crippen LogP contribution in [0.4, 0.5) is 11.4 Å². The van der Waals surface area contributed by atoms with Crippen LogP contribution in [0.5, 0.6) is 23.0 Å². The molecule has 532 valence electrons. The van der Waals surface area contributed by atoms with Gasteiger partial charge in [-0.15, -0.1) is 9.66 Å². The summed E-state index contributed by atoms with van der Waals surface area (Å²) >= 11 is 0. The number of hydrogen-bond donors (Lipinski definition) is 8.